The van der Waals surface area contributed by atoms with Gasteiger partial charge in [0.15, 0.2) is 0 Å². The van der Waals surface area contributed by atoms with Gasteiger partial charge in [-0.25, -0.2) is 17.2 Å². The molecule has 5 rings (SSSR count). The van der Waals surface area contributed by atoms with Crippen LogP contribution in [-0.2, 0) is 27.5 Å². The van der Waals surface area contributed by atoms with Crippen LogP contribution < -0.4 is 5.32 Å². The Balaban J connectivity index is 1.47. The average Bonchev–Trinajstić information content (AvgIpc) is 3.47. The molecule has 1 aromatic heterocycles. The van der Waals surface area contributed by atoms with E-state index in [0.717, 1.165) is 33.8 Å². The number of benzene rings is 4. The molecule has 4 aromatic carbocycles. The van der Waals surface area contributed by atoms with Gasteiger partial charge in [0.05, 0.1) is 10.5 Å². The second kappa shape index (κ2) is 12.2. The molecule has 1 amide bonds. The van der Waals surface area contributed by atoms with Gasteiger partial charge in [-0.2, -0.15) is 13.2 Å². The van der Waals surface area contributed by atoms with Crippen molar-refractivity contribution in [1.29, 1.82) is 0 Å². The summed E-state index contributed by atoms with van der Waals surface area (Å²) in [5, 5.41) is 2.55. The number of nitrogens with zero attached hydrogens (tertiary/aromatic N) is 1. The summed E-state index contributed by atoms with van der Waals surface area (Å²) in [7, 11) is -4.23. The van der Waals surface area contributed by atoms with Crippen molar-refractivity contribution in [2.75, 3.05) is 5.32 Å². The molecular formula is C33H25F3N2O5S. The van der Waals surface area contributed by atoms with Crippen LogP contribution in [0.1, 0.15) is 37.5 Å². The van der Waals surface area contributed by atoms with E-state index in [2.05, 4.69) is 5.32 Å². The Labute approximate surface area is 251 Å². The maximum absolute atomic E-state index is 13.7. The molecule has 0 saturated heterocycles. The van der Waals surface area contributed by atoms with Crippen LogP contribution in [0.5, 0.6) is 0 Å². The third-order valence-electron chi connectivity index (χ3n) is 6.71. The lowest BCUT2D eigenvalue weighted by Gasteiger charge is -2.11. The quantitative estimate of drug-likeness (QED) is 0.184. The molecule has 0 unspecified atom stereocenters. The van der Waals surface area contributed by atoms with E-state index in [1.807, 2.05) is 13.0 Å². The van der Waals surface area contributed by atoms with E-state index in [1.54, 1.807) is 48.5 Å². The number of hydrogen-bond acceptors (Lipinski definition) is 5. The van der Waals surface area contributed by atoms with Gasteiger partial charge in [-0.1, -0.05) is 60.2 Å². The summed E-state index contributed by atoms with van der Waals surface area (Å²) < 4.78 is 72.3. The van der Waals surface area contributed by atoms with Crippen LogP contribution in [-0.4, -0.2) is 24.3 Å². The zero-order valence-corrected chi connectivity index (χ0v) is 24.0. The molecule has 7 nitrogen and oxygen atoms in total. The highest BCUT2D eigenvalue weighted by Gasteiger charge is 2.30. The lowest BCUT2D eigenvalue weighted by atomic mass is 10.0. The van der Waals surface area contributed by atoms with Gasteiger partial charge in [-0.15, -0.1) is 0 Å². The summed E-state index contributed by atoms with van der Waals surface area (Å²) in [6.45, 7) is 1.74. The number of aromatic nitrogens is 1. The van der Waals surface area contributed by atoms with Gasteiger partial charge < -0.3 is 10.1 Å². The van der Waals surface area contributed by atoms with Crippen LogP contribution in [0, 0.1) is 6.92 Å². The highest BCUT2D eigenvalue weighted by atomic mass is 32.2. The molecule has 0 radical (unpaired) electrons. The Morgan fingerprint density at radius 1 is 0.818 bits per heavy atom. The van der Waals surface area contributed by atoms with Crippen molar-refractivity contribution in [2.24, 2.45) is 0 Å². The van der Waals surface area contributed by atoms with E-state index < -0.39 is 33.6 Å². The number of halogens is 3. The van der Waals surface area contributed by atoms with Crippen LogP contribution in [0.2, 0.25) is 0 Å². The third kappa shape index (κ3) is 6.73. The fourth-order valence-electron chi connectivity index (χ4n) is 4.36. The fourth-order valence-corrected chi connectivity index (χ4v) is 5.70. The lowest BCUT2D eigenvalue weighted by Crippen LogP contribution is -2.19. The smallest absolute Gasteiger partial charge is 0.416 e. The highest BCUT2D eigenvalue weighted by molar-refractivity contribution is 7.90. The van der Waals surface area contributed by atoms with E-state index >= 15 is 0 Å². The SMILES string of the molecule is Cc1ccc(S(=O)(=O)n2cc(-c3cccc(C(=O)Nc4ccc(C(F)(F)F)cc4)c3)cc2C(=O)OCc2ccccc2)cc1. The lowest BCUT2D eigenvalue weighted by molar-refractivity contribution is -0.137. The zero-order chi connectivity index (χ0) is 31.5. The highest BCUT2D eigenvalue weighted by Crippen LogP contribution is 2.31. The first-order valence-corrected chi connectivity index (χ1v) is 14.7. The number of nitrogens with one attached hydrogen (secondary N) is 1. The maximum atomic E-state index is 13.7. The Bertz CT molecular complexity index is 1920. The molecule has 0 aliphatic carbocycles. The van der Waals surface area contributed by atoms with Crippen molar-refractivity contribution >= 4 is 27.6 Å². The van der Waals surface area contributed by atoms with E-state index in [0.29, 0.717) is 16.7 Å². The van der Waals surface area contributed by atoms with Gasteiger partial charge in [0, 0.05) is 23.0 Å². The number of hydrogen-bond donors (Lipinski definition) is 1. The number of ether oxygens (including phenoxy) is 1. The number of anilines is 1. The zero-order valence-electron chi connectivity index (χ0n) is 23.2. The molecule has 44 heavy (non-hydrogen) atoms. The molecule has 0 atom stereocenters. The minimum absolute atomic E-state index is 0.0352. The third-order valence-corrected chi connectivity index (χ3v) is 8.40. The van der Waals surface area contributed by atoms with Gasteiger partial charge in [0.25, 0.3) is 15.9 Å². The maximum Gasteiger partial charge on any atom is 0.416 e. The first kappa shape index (κ1) is 30.3. The van der Waals surface area contributed by atoms with Crippen LogP contribution in [0.3, 0.4) is 0 Å². The second-order valence-corrected chi connectivity index (χ2v) is 11.7. The van der Waals surface area contributed by atoms with Crippen molar-refractivity contribution in [2.45, 2.75) is 24.6 Å². The van der Waals surface area contributed by atoms with Gasteiger partial charge in [0.1, 0.15) is 12.3 Å². The van der Waals surface area contributed by atoms with E-state index in [4.69, 9.17) is 4.74 Å². The first-order valence-electron chi connectivity index (χ1n) is 13.3. The molecule has 1 N–H and O–H groups in total. The number of carbonyl (C=O) groups excluding carboxylic acids is 2. The normalized spacial score (nSPS) is 11.6. The number of rotatable bonds is 8. The predicted molar refractivity (Wildman–Crippen MR) is 159 cm³/mol. The summed E-state index contributed by atoms with van der Waals surface area (Å²) in [6, 6.07) is 26.6. The molecule has 0 bridgehead atoms. The van der Waals surface area contributed by atoms with Crippen LogP contribution in [0.15, 0.2) is 120 Å². The summed E-state index contributed by atoms with van der Waals surface area (Å²) in [4.78, 5) is 26.1. The van der Waals surface area contributed by atoms with Gasteiger partial charge >= 0.3 is 12.1 Å². The van der Waals surface area contributed by atoms with Crippen molar-refractivity contribution in [3.05, 3.63) is 143 Å². The minimum Gasteiger partial charge on any atom is -0.456 e. The monoisotopic (exact) mass is 618 g/mol. The number of carbonyl (C=O) groups is 2. The van der Waals surface area contributed by atoms with Gasteiger partial charge in [-0.05, 0) is 72.6 Å². The fraction of sp³-hybridized carbons (Fsp3) is 0.0909. The van der Waals surface area contributed by atoms with Crippen LogP contribution >= 0.6 is 0 Å². The summed E-state index contributed by atoms with van der Waals surface area (Å²) in [5.74, 6) is -1.46. The molecule has 224 valence electrons. The largest absolute Gasteiger partial charge is 0.456 e. The number of esters is 1. The number of aryl methyl sites for hydroxylation is 1. The molecule has 0 aliphatic rings. The molecule has 1 heterocycles. The standard InChI is InChI=1S/C33H25F3N2O5S/c1-22-10-16-29(17-11-22)44(41,42)38-20-26(19-30(38)32(40)43-21-23-6-3-2-4-7-23)24-8-5-9-25(18-24)31(39)37-28-14-12-27(13-15-28)33(34,35)36/h2-20H,21H2,1H3,(H,37,39). The number of alkyl halides is 3. The minimum atomic E-state index is -4.51. The molecule has 5 aromatic rings. The van der Waals surface area contributed by atoms with Crippen LogP contribution in [0.25, 0.3) is 11.1 Å². The second-order valence-electron chi connectivity index (χ2n) is 9.90. The topological polar surface area (TPSA) is 94.5 Å². The van der Waals surface area contributed by atoms with Crippen molar-refractivity contribution in [3.63, 3.8) is 0 Å². The Hall–Kier alpha value is -5.16. The molecule has 0 aliphatic heterocycles. The van der Waals surface area contributed by atoms with Gasteiger partial charge in [-0.3, -0.25) is 4.79 Å². The van der Waals surface area contributed by atoms with Crippen molar-refractivity contribution in [1.82, 2.24) is 3.97 Å². The molecule has 11 heteroatoms. The Kier molecular flexibility index (Phi) is 8.41. The van der Waals surface area contributed by atoms with E-state index in [1.165, 1.54) is 36.5 Å². The Morgan fingerprint density at radius 2 is 1.50 bits per heavy atom. The molecule has 0 spiro atoms. The predicted octanol–water partition coefficient (Wildman–Crippen LogP) is 7.33. The number of amides is 1. The first-order chi connectivity index (χ1) is 20.9. The van der Waals surface area contributed by atoms with Crippen molar-refractivity contribution < 1.29 is 35.9 Å². The average molecular weight is 619 g/mol. The Morgan fingerprint density at radius 3 is 2.16 bits per heavy atom. The van der Waals surface area contributed by atoms with Crippen molar-refractivity contribution in [3.8, 4) is 11.1 Å². The van der Waals surface area contributed by atoms with Crippen LogP contribution in [0.4, 0.5) is 18.9 Å². The summed E-state index contributed by atoms with van der Waals surface area (Å²) in [5.41, 5.74) is 1.53. The molecular weight excluding hydrogens is 593 g/mol. The molecule has 0 fully saturated rings. The van der Waals surface area contributed by atoms with Gasteiger partial charge in [0.2, 0.25) is 0 Å². The summed E-state index contributed by atoms with van der Waals surface area (Å²) >= 11 is 0. The summed E-state index contributed by atoms with van der Waals surface area (Å²) in [6.07, 6.45) is -3.23. The molecule has 0 saturated carbocycles. The van der Waals surface area contributed by atoms with E-state index in [9.17, 15) is 31.2 Å². The van der Waals surface area contributed by atoms with E-state index in [-0.39, 0.29) is 28.4 Å².